The van der Waals surface area contributed by atoms with Gasteiger partial charge >= 0.3 is 0 Å². The van der Waals surface area contributed by atoms with Crippen LogP contribution in [0.15, 0.2) is 66.7 Å². The Morgan fingerprint density at radius 3 is 2.25 bits per heavy atom. The zero-order valence-electron chi connectivity index (χ0n) is 11.4. The molecule has 20 heavy (non-hydrogen) atoms. The molecule has 0 N–H and O–H groups in total. The largest absolute Gasteiger partial charge is 0.136 e. The molecule has 0 amide bonds. The van der Waals surface area contributed by atoms with E-state index in [4.69, 9.17) is 0 Å². The summed E-state index contributed by atoms with van der Waals surface area (Å²) in [6.07, 6.45) is 4.38. The number of benzene rings is 2. The van der Waals surface area contributed by atoms with Crippen LogP contribution in [0.1, 0.15) is 10.4 Å². The highest BCUT2D eigenvalue weighted by molar-refractivity contribution is 7.16. The van der Waals surface area contributed by atoms with Crippen LogP contribution in [-0.2, 0) is 0 Å². The average molecular weight is 292 g/mol. The Morgan fingerprint density at radius 1 is 0.750 bits per heavy atom. The van der Waals surface area contributed by atoms with Crippen molar-refractivity contribution in [1.82, 2.24) is 0 Å². The fraction of sp³-hybridized carbons (Fsp3) is 0. The second-order valence-electron chi connectivity index (χ2n) is 4.81. The van der Waals surface area contributed by atoms with Gasteiger partial charge in [-0.1, -0.05) is 65.9 Å². The molecular weight excluding hydrogens is 276 g/mol. The highest BCUT2D eigenvalue weighted by Crippen LogP contribution is 2.28. The predicted molar refractivity (Wildman–Crippen MR) is 94.7 cm³/mol. The van der Waals surface area contributed by atoms with E-state index >= 15 is 0 Å². The first-order valence-corrected chi connectivity index (χ1v) is 8.53. The molecule has 3 rings (SSSR count). The summed E-state index contributed by atoms with van der Waals surface area (Å²) in [5.41, 5.74) is 2.55. The van der Waals surface area contributed by atoms with Crippen LogP contribution in [0.25, 0.3) is 22.6 Å². The third-order valence-electron chi connectivity index (χ3n) is 3.20. The molecule has 0 fully saturated rings. The smallest absolute Gasteiger partial charge is 0.0384 e. The van der Waals surface area contributed by atoms with Gasteiger partial charge in [0.2, 0.25) is 0 Å². The summed E-state index contributed by atoms with van der Waals surface area (Å²) in [6.45, 7) is 0. The maximum atomic E-state index is 2.20. The van der Waals surface area contributed by atoms with Gasteiger partial charge in [-0.05, 0) is 29.3 Å². The van der Waals surface area contributed by atoms with E-state index in [0.29, 0.717) is 0 Å². The van der Waals surface area contributed by atoms with Gasteiger partial charge in [0, 0.05) is 20.0 Å². The second-order valence-corrected chi connectivity index (χ2v) is 7.08. The van der Waals surface area contributed by atoms with E-state index in [1.54, 1.807) is 0 Å². The number of rotatable bonds is 3. The highest BCUT2D eigenvalue weighted by atomic mass is 32.1. The summed E-state index contributed by atoms with van der Waals surface area (Å²) in [5.74, 6) is 0. The summed E-state index contributed by atoms with van der Waals surface area (Å²) in [6, 6.07) is 23.7. The number of hydrogen-bond acceptors (Lipinski definition) is 1. The summed E-state index contributed by atoms with van der Waals surface area (Å²) in [4.78, 5) is 2.61. The van der Waals surface area contributed by atoms with Crippen LogP contribution in [0.5, 0.6) is 0 Å². The third-order valence-corrected chi connectivity index (χ3v) is 4.97. The molecule has 0 aliphatic heterocycles. The molecule has 0 unspecified atom stereocenters. The molecule has 2 heteroatoms. The van der Waals surface area contributed by atoms with Crippen molar-refractivity contribution in [3.8, 4) is 10.4 Å². The zero-order valence-corrected chi connectivity index (χ0v) is 14.2. The normalized spacial score (nSPS) is 11.2. The molecule has 1 aromatic heterocycles. The maximum Gasteiger partial charge on any atom is 0.0384 e. The molecule has 0 aliphatic rings. The Balaban J connectivity index is 1.79. The van der Waals surface area contributed by atoms with Gasteiger partial charge in [0.15, 0.2) is 0 Å². The van der Waals surface area contributed by atoms with E-state index in [1.807, 2.05) is 11.3 Å². The molecule has 0 atom stereocenters. The van der Waals surface area contributed by atoms with E-state index in [1.165, 1.54) is 26.1 Å². The molecule has 2 aromatic carbocycles. The fourth-order valence-corrected chi connectivity index (χ4v) is 3.31. The first kappa shape index (κ1) is 13.1. The Hall–Kier alpha value is -1.90. The molecule has 0 nitrogen and oxygen atoms in total. The minimum atomic E-state index is 1.12. The monoisotopic (exact) mass is 292 g/mol. The Kier molecular flexibility index (Phi) is 3.95. The van der Waals surface area contributed by atoms with Crippen molar-refractivity contribution in [2.24, 2.45) is 0 Å². The predicted octanol–water partition coefficient (Wildman–Crippen LogP) is 3.58. The standard InChI is InChI=1S/C18H16SSi/c20-17-11-7-14(8-12-17)6-9-16-10-13-18(19-16)15-4-2-1-3-5-15/h1-13H,20H3. The molecule has 3 aromatic rings. The second kappa shape index (κ2) is 6.03. The lowest BCUT2D eigenvalue weighted by Crippen LogP contribution is -1.98. The van der Waals surface area contributed by atoms with Gasteiger partial charge in [-0.15, -0.1) is 11.3 Å². The van der Waals surface area contributed by atoms with E-state index in [0.717, 1.165) is 10.2 Å². The lowest BCUT2D eigenvalue weighted by Gasteiger charge is -1.95. The third kappa shape index (κ3) is 3.16. The minimum Gasteiger partial charge on any atom is -0.136 e. The maximum absolute atomic E-state index is 2.20. The van der Waals surface area contributed by atoms with Crippen molar-refractivity contribution < 1.29 is 0 Å². The molecule has 0 bridgehead atoms. The quantitative estimate of drug-likeness (QED) is 0.647. The summed E-state index contributed by atoms with van der Waals surface area (Å²) >= 11 is 1.83. The van der Waals surface area contributed by atoms with E-state index < -0.39 is 0 Å². The molecule has 0 saturated heterocycles. The van der Waals surface area contributed by atoms with Crippen molar-refractivity contribution in [2.75, 3.05) is 0 Å². The first-order chi connectivity index (χ1) is 9.81. The average Bonchev–Trinajstić information content (AvgIpc) is 2.97. The van der Waals surface area contributed by atoms with E-state index in [-0.39, 0.29) is 0 Å². The summed E-state index contributed by atoms with van der Waals surface area (Å²) in [7, 11) is 1.12. The number of hydrogen-bond donors (Lipinski definition) is 0. The molecule has 0 saturated carbocycles. The first-order valence-electron chi connectivity index (χ1n) is 6.71. The lowest BCUT2D eigenvalue weighted by molar-refractivity contribution is 1.70. The van der Waals surface area contributed by atoms with Crippen LogP contribution < -0.4 is 5.19 Å². The van der Waals surface area contributed by atoms with Gasteiger partial charge in [-0.25, -0.2) is 0 Å². The molecule has 0 aliphatic carbocycles. The van der Waals surface area contributed by atoms with Crippen LogP contribution in [0, 0.1) is 0 Å². The van der Waals surface area contributed by atoms with Crippen molar-refractivity contribution in [3.63, 3.8) is 0 Å². The molecular formula is C18H16SSi. The van der Waals surface area contributed by atoms with Crippen LogP contribution in [0.2, 0.25) is 0 Å². The van der Waals surface area contributed by atoms with Gasteiger partial charge in [0.1, 0.15) is 0 Å². The molecule has 98 valence electrons. The Labute approximate surface area is 126 Å². The zero-order chi connectivity index (χ0) is 13.8. The lowest BCUT2D eigenvalue weighted by atomic mass is 10.2. The van der Waals surface area contributed by atoms with Crippen LogP contribution in [0.4, 0.5) is 0 Å². The van der Waals surface area contributed by atoms with E-state index in [9.17, 15) is 0 Å². The summed E-state index contributed by atoms with van der Waals surface area (Å²) < 4.78 is 0. The minimum absolute atomic E-state index is 1.12. The van der Waals surface area contributed by atoms with Gasteiger partial charge < -0.3 is 0 Å². The van der Waals surface area contributed by atoms with E-state index in [2.05, 4.69) is 78.9 Å². The Morgan fingerprint density at radius 2 is 1.50 bits per heavy atom. The number of thiophene rings is 1. The van der Waals surface area contributed by atoms with Crippen molar-refractivity contribution in [1.29, 1.82) is 0 Å². The van der Waals surface area contributed by atoms with Crippen molar-refractivity contribution in [3.05, 3.63) is 77.2 Å². The molecule has 0 spiro atoms. The molecule has 0 radical (unpaired) electrons. The van der Waals surface area contributed by atoms with Crippen LogP contribution >= 0.6 is 11.3 Å². The SMILES string of the molecule is [SiH3]c1ccc(C=Cc2ccc(-c3ccccc3)s2)cc1. The van der Waals surface area contributed by atoms with Crippen LogP contribution in [-0.4, -0.2) is 10.2 Å². The fourth-order valence-electron chi connectivity index (χ4n) is 2.06. The van der Waals surface area contributed by atoms with Gasteiger partial charge in [0.25, 0.3) is 0 Å². The van der Waals surface area contributed by atoms with Gasteiger partial charge in [-0.2, -0.15) is 0 Å². The van der Waals surface area contributed by atoms with Crippen molar-refractivity contribution in [2.45, 2.75) is 0 Å². The van der Waals surface area contributed by atoms with Crippen molar-refractivity contribution >= 4 is 38.9 Å². The highest BCUT2D eigenvalue weighted by Gasteiger charge is 1.99. The van der Waals surface area contributed by atoms with Crippen LogP contribution in [0.3, 0.4) is 0 Å². The molecule has 1 heterocycles. The van der Waals surface area contributed by atoms with Gasteiger partial charge in [0.05, 0.1) is 0 Å². The van der Waals surface area contributed by atoms with Gasteiger partial charge in [-0.3, -0.25) is 0 Å². The summed E-state index contributed by atoms with van der Waals surface area (Å²) in [5, 5.41) is 1.43. The Bertz CT molecular complexity index is 709. The topological polar surface area (TPSA) is 0 Å².